The molecule has 2 aliphatic rings. The molecule has 1 aromatic rings. The lowest BCUT2D eigenvalue weighted by Crippen LogP contribution is -2.37. The summed E-state index contributed by atoms with van der Waals surface area (Å²) < 4.78 is 22.5. The quantitative estimate of drug-likeness (QED) is 0.245. The van der Waals surface area contributed by atoms with E-state index >= 15 is 0 Å². The molecule has 2 atom stereocenters. The number of fused-ring (bicyclic) bond motifs is 1. The van der Waals surface area contributed by atoms with Gasteiger partial charge in [-0.05, 0) is 31.9 Å². The van der Waals surface area contributed by atoms with Crippen molar-refractivity contribution in [3.8, 4) is 11.5 Å². The lowest BCUT2D eigenvalue weighted by molar-refractivity contribution is 0.0420. The third-order valence-corrected chi connectivity index (χ3v) is 4.82. The number of halogens is 1. The van der Waals surface area contributed by atoms with E-state index in [1.807, 2.05) is 0 Å². The SMILES string of the molecule is CN=C(NCCCOC1CCOC1)NCc1cc2c(cc1OC)CC(C)O2.I. The average molecular weight is 505 g/mol. The minimum absolute atomic E-state index is 0. The molecule has 0 bridgehead atoms. The fourth-order valence-electron chi connectivity index (χ4n) is 3.38. The van der Waals surface area contributed by atoms with Crippen molar-refractivity contribution < 1.29 is 18.9 Å². The number of guanidine groups is 1. The molecule has 0 saturated carbocycles. The van der Waals surface area contributed by atoms with Crippen LogP contribution in [0.4, 0.5) is 0 Å². The number of aliphatic imine (C=N–C) groups is 1. The normalized spacial score (nSPS) is 20.9. The second-order valence-corrected chi connectivity index (χ2v) is 6.97. The van der Waals surface area contributed by atoms with Crippen LogP contribution < -0.4 is 20.1 Å². The van der Waals surface area contributed by atoms with E-state index in [2.05, 4.69) is 34.7 Å². The maximum atomic E-state index is 5.86. The minimum atomic E-state index is 0. The molecule has 1 saturated heterocycles. The molecule has 2 unspecified atom stereocenters. The van der Waals surface area contributed by atoms with Gasteiger partial charge in [-0.1, -0.05) is 0 Å². The molecule has 0 amide bonds. The monoisotopic (exact) mass is 505 g/mol. The first-order valence-corrected chi connectivity index (χ1v) is 9.70. The number of hydrogen-bond acceptors (Lipinski definition) is 5. The fourth-order valence-corrected chi connectivity index (χ4v) is 3.38. The molecule has 0 spiro atoms. The molecule has 1 fully saturated rings. The molecule has 0 radical (unpaired) electrons. The third-order valence-electron chi connectivity index (χ3n) is 4.82. The number of rotatable bonds is 8. The van der Waals surface area contributed by atoms with Crippen molar-refractivity contribution in [2.75, 3.05) is 40.5 Å². The Labute approximate surface area is 184 Å². The number of nitrogens with zero attached hydrogens (tertiary/aromatic N) is 1. The van der Waals surface area contributed by atoms with E-state index in [1.54, 1.807) is 14.2 Å². The van der Waals surface area contributed by atoms with Crippen molar-refractivity contribution in [2.24, 2.45) is 4.99 Å². The standard InChI is InChI=1S/C20H31N3O4.HI/c1-14-9-15-10-18(24-3)16(11-19(15)27-14)12-23-20(21-2)22-6-4-7-26-17-5-8-25-13-17;/h10-11,14,17H,4-9,12-13H2,1-3H3,(H2,21,22,23);1H. The number of benzene rings is 1. The zero-order valence-electron chi connectivity index (χ0n) is 17.0. The van der Waals surface area contributed by atoms with Crippen LogP contribution in [0, 0.1) is 0 Å². The first-order chi connectivity index (χ1) is 13.2. The van der Waals surface area contributed by atoms with Crippen molar-refractivity contribution in [1.82, 2.24) is 10.6 Å². The highest BCUT2D eigenvalue weighted by Crippen LogP contribution is 2.34. The van der Waals surface area contributed by atoms with Gasteiger partial charge in [-0.25, -0.2) is 0 Å². The lowest BCUT2D eigenvalue weighted by Gasteiger charge is -2.15. The highest BCUT2D eigenvalue weighted by molar-refractivity contribution is 14.0. The van der Waals surface area contributed by atoms with Crippen molar-refractivity contribution in [3.63, 3.8) is 0 Å². The van der Waals surface area contributed by atoms with Crippen LogP contribution in [0.15, 0.2) is 17.1 Å². The molecular formula is C20H32IN3O4. The zero-order valence-corrected chi connectivity index (χ0v) is 19.3. The van der Waals surface area contributed by atoms with Gasteiger partial charge in [-0.3, -0.25) is 4.99 Å². The summed E-state index contributed by atoms with van der Waals surface area (Å²) in [6.45, 7) is 5.77. The van der Waals surface area contributed by atoms with Crippen molar-refractivity contribution >= 4 is 29.9 Å². The number of ether oxygens (including phenoxy) is 4. The Hall–Kier alpha value is -1.26. The van der Waals surface area contributed by atoms with E-state index in [0.29, 0.717) is 6.54 Å². The Kier molecular flexibility index (Phi) is 9.60. The smallest absolute Gasteiger partial charge is 0.191 e. The van der Waals surface area contributed by atoms with Crippen LogP contribution in [-0.2, 0) is 22.4 Å². The van der Waals surface area contributed by atoms with Gasteiger partial charge in [0.25, 0.3) is 0 Å². The topological polar surface area (TPSA) is 73.3 Å². The van der Waals surface area contributed by atoms with Crippen LogP contribution in [0.3, 0.4) is 0 Å². The number of hydrogen-bond donors (Lipinski definition) is 2. The molecule has 2 heterocycles. The zero-order chi connectivity index (χ0) is 19.1. The van der Waals surface area contributed by atoms with Crippen LogP contribution in [0.5, 0.6) is 11.5 Å². The predicted octanol–water partition coefficient (Wildman–Crippen LogP) is 2.50. The maximum absolute atomic E-state index is 5.86. The second kappa shape index (κ2) is 11.7. The summed E-state index contributed by atoms with van der Waals surface area (Å²) in [6.07, 6.45) is 3.34. The average Bonchev–Trinajstić information content (AvgIpc) is 3.31. The summed E-state index contributed by atoms with van der Waals surface area (Å²) in [5.74, 6) is 2.59. The number of methoxy groups -OCH3 is 1. The predicted molar refractivity (Wildman–Crippen MR) is 120 cm³/mol. The van der Waals surface area contributed by atoms with Crippen LogP contribution >= 0.6 is 24.0 Å². The molecule has 2 N–H and O–H groups in total. The Morgan fingerprint density at radius 1 is 1.32 bits per heavy atom. The highest BCUT2D eigenvalue weighted by Gasteiger charge is 2.21. The van der Waals surface area contributed by atoms with E-state index in [0.717, 1.165) is 68.6 Å². The Bertz CT molecular complexity index is 651. The van der Waals surface area contributed by atoms with Gasteiger partial charge >= 0.3 is 0 Å². The fraction of sp³-hybridized carbons (Fsp3) is 0.650. The van der Waals surface area contributed by atoms with Gasteiger partial charge in [0.05, 0.1) is 19.8 Å². The minimum Gasteiger partial charge on any atom is -0.496 e. The van der Waals surface area contributed by atoms with E-state index in [9.17, 15) is 0 Å². The van der Waals surface area contributed by atoms with E-state index in [-0.39, 0.29) is 36.2 Å². The summed E-state index contributed by atoms with van der Waals surface area (Å²) in [5, 5.41) is 6.65. The molecule has 1 aromatic carbocycles. The Balaban J connectivity index is 0.00000280. The van der Waals surface area contributed by atoms with Gasteiger partial charge in [-0.2, -0.15) is 0 Å². The van der Waals surface area contributed by atoms with Gasteiger partial charge in [0.1, 0.15) is 17.6 Å². The number of nitrogens with one attached hydrogen (secondary N) is 2. The molecule has 0 aliphatic carbocycles. The van der Waals surface area contributed by atoms with Crippen LogP contribution in [0.25, 0.3) is 0 Å². The molecular weight excluding hydrogens is 473 g/mol. The molecule has 3 rings (SSSR count). The van der Waals surface area contributed by atoms with Gasteiger partial charge < -0.3 is 29.6 Å². The summed E-state index contributed by atoms with van der Waals surface area (Å²) in [6, 6.07) is 4.14. The molecule has 28 heavy (non-hydrogen) atoms. The van der Waals surface area contributed by atoms with Crippen molar-refractivity contribution in [1.29, 1.82) is 0 Å². The molecule has 7 nitrogen and oxygen atoms in total. The van der Waals surface area contributed by atoms with Crippen molar-refractivity contribution in [2.45, 2.75) is 44.9 Å². The molecule has 0 aromatic heterocycles. The van der Waals surface area contributed by atoms with Crippen LogP contribution in [0.1, 0.15) is 30.9 Å². The van der Waals surface area contributed by atoms with E-state index < -0.39 is 0 Å². The molecule has 2 aliphatic heterocycles. The van der Waals surface area contributed by atoms with Gasteiger partial charge in [0.2, 0.25) is 0 Å². The highest BCUT2D eigenvalue weighted by atomic mass is 127. The van der Waals surface area contributed by atoms with E-state index in [1.165, 1.54) is 5.56 Å². The third kappa shape index (κ3) is 6.38. The molecule has 158 valence electrons. The van der Waals surface area contributed by atoms with Crippen LogP contribution in [-0.4, -0.2) is 58.7 Å². The van der Waals surface area contributed by atoms with Gasteiger partial charge in [-0.15, -0.1) is 24.0 Å². The van der Waals surface area contributed by atoms with Crippen molar-refractivity contribution in [3.05, 3.63) is 23.3 Å². The molecule has 8 heteroatoms. The summed E-state index contributed by atoms with van der Waals surface area (Å²) in [4.78, 5) is 4.28. The van der Waals surface area contributed by atoms with Gasteiger partial charge in [0.15, 0.2) is 5.96 Å². The summed E-state index contributed by atoms with van der Waals surface area (Å²) in [5.41, 5.74) is 2.26. The van der Waals surface area contributed by atoms with E-state index in [4.69, 9.17) is 18.9 Å². The van der Waals surface area contributed by atoms with Crippen LogP contribution in [0.2, 0.25) is 0 Å². The Morgan fingerprint density at radius 3 is 2.89 bits per heavy atom. The Morgan fingerprint density at radius 2 is 2.18 bits per heavy atom. The summed E-state index contributed by atoms with van der Waals surface area (Å²) in [7, 11) is 3.47. The second-order valence-electron chi connectivity index (χ2n) is 6.97. The largest absolute Gasteiger partial charge is 0.496 e. The lowest BCUT2D eigenvalue weighted by atomic mass is 10.1. The van der Waals surface area contributed by atoms with Gasteiger partial charge in [0, 0.05) is 50.9 Å². The first-order valence-electron chi connectivity index (χ1n) is 9.70. The first kappa shape index (κ1) is 23.0. The summed E-state index contributed by atoms with van der Waals surface area (Å²) >= 11 is 0. The maximum Gasteiger partial charge on any atom is 0.191 e.